The summed E-state index contributed by atoms with van der Waals surface area (Å²) in [7, 11) is -2.73. The molecule has 9 heteroatoms. The van der Waals surface area contributed by atoms with E-state index >= 15 is 0 Å². The van der Waals surface area contributed by atoms with Gasteiger partial charge in [0.25, 0.3) is 0 Å². The number of carbonyl (C=O) groups excluding carboxylic acids is 1. The summed E-state index contributed by atoms with van der Waals surface area (Å²) in [6.45, 7) is -0.207. The number of hydrogen-bond donors (Lipinski definition) is 1. The Hall–Kier alpha value is -3.62. The highest BCUT2D eigenvalue weighted by molar-refractivity contribution is 7.91. The number of anilines is 1. The summed E-state index contributed by atoms with van der Waals surface area (Å²) in [6.07, 6.45) is 1.20. The molecule has 0 spiro atoms. The highest BCUT2D eigenvalue weighted by Crippen LogP contribution is 2.25. The number of fused-ring (bicyclic) bond motifs is 1. The fourth-order valence-electron chi connectivity index (χ4n) is 3.42. The highest BCUT2D eigenvalue weighted by Gasteiger charge is 2.24. The maximum absolute atomic E-state index is 13.3. The maximum atomic E-state index is 13.3. The molecule has 1 N–H and O–H groups in total. The average Bonchev–Trinajstić information content (AvgIpc) is 2.81. The molecular formula is C24H19ClN2O5S. The molecule has 0 aliphatic heterocycles. The fourth-order valence-corrected chi connectivity index (χ4v) is 4.91. The van der Waals surface area contributed by atoms with E-state index in [9.17, 15) is 18.0 Å². The van der Waals surface area contributed by atoms with Gasteiger partial charge in [0.05, 0.1) is 22.9 Å². The molecule has 0 unspecified atom stereocenters. The molecule has 4 rings (SSSR count). The van der Waals surface area contributed by atoms with Gasteiger partial charge in [0, 0.05) is 16.9 Å². The van der Waals surface area contributed by atoms with Crippen LogP contribution in [0.2, 0.25) is 5.02 Å². The number of ether oxygens (including phenoxy) is 1. The number of amides is 1. The number of nitrogens with one attached hydrogen (secondary N) is 1. The summed E-state index contributed by atoms with van der Waals surface area (Å²) >= 11 is 5.88. The first-order valence-corrected chi connectivity index (χ1v) is 11.7. The molecule has 7 nitrogen and oxygen atoms in total. The Kier molecular flexibility index (Phi) is 6.22. The molecule has 168 valence electrons. The van der Waals surface area contributed by atoms with E-state index in [0.29, 0.717) is 22.0 Å². The second-order valence-electron chi connectivity index (χ2n) is 7.21. The Morgan fingerprint density at radius 3 is 2.39 bits per heavy atom. The summed E-state index contributed by atoms with van der Waals surface area (Å²) in [6, 6.07) is 19.1. The third-order valence-electron chi connectivity index (χ3n) is 5.04. The smallest absolute Gasteiger partial charge is 0.244 e. The lowest BCUT2D eigenvalue weighted by molar-refractivity contribution is -0.116. The largest absolute Gasteiger partial charge is 0.497 e. The van der Waals surface area contributed by atoms with Gasteiger partial charge < -0.3 is 14.6 Å². The Morgan fingerprint density at radius 1 is 1.03 bits per heavy atom. The summed E-state index contributed by atoms with van der Waals surface area (Å²) < 4.78 is 33.3. The van der Waals surface area contributed by atoms with Crippen molar-refractivity contribution in [3.8, 4) is 5.75 Å². The van der Waals surface area contributed by atoms with Crippen molar-refractivity contribution in [1.29, 1.82) is 0 Å². The number of hydrogen-bond acceptors (Lipinski definition) is 5. The normalized spacial score (nSPS) is 11.3. The van der Waals surface area contributed by atoms with Crippen LogP contribution < -0.4 is 15.5 Å². The number of halogens is 1. The molecule has 1 heterocycles. The molecular weight excluding hydrogens is 464 g/mol. The van der Waals surface area contributed by atoms with Crippen molar-refractivity contribution in [1.82, 2.24) is 4.57 Å². The van der Waals surface area contributed by atoms with Gasteiger partial charge in [0.15, 0.2) is 0 Å². The molecule has 0 saturated heterocycles. The minimum Gasteiger partial charge on any atom is -0.497 e. The molecule has 33 heavy (non-hydrogen) atoms. The van der Waals surface area contributed by atoms with Crippen LogP contribution in [0.15, 0.2) is 93.6 Å². The van der Waals surface area contributed by atoms with E-state index in [-0.39, 0.29) is 22.7 Å². The third kappa shape index (κ3) is 4.62. The highest BCUT2D eigenvalue weighted by atomic mass is 35.5. The first-order valence-electron chi connectivity index (χ1n) is 9.86. The van der Waals surface area contributed by atoms with E-state index in [1.54, 1.807) is 36.4 Å². The lowest BCUT2D eigenvalue weighted by Gasteiger charge is -2.15. The van der Waals surface area contributed by atoms with Crippen LogP contribution in [0.3, 0.4) is 0 Å². The molecule has 0 aliphatic carbocycles. The first kappa shape index (κ1) is 22.6. The van der Waals surface area contributed by atoms with Gasteiger partial charge in [0.1, 0.15) is 17.2 Å². The van der Waals surface area contributed by atoms with Crippen LogP contribution >= 0.6 is 11.6 Å². The minimum absolute atomic E-state index is 0.0773. The van der Waals surface area contributed by atoms with Crippen LogP contribution in [0, 0.1) is 0 Å². The fraction of sp³-hybridized carbons (Fsp3) is 0.0833. The number of benzene rings is 3. The van der Waals surface area contributed by atoms with E-state index in [4.69, 9.17) is 16.3 Å². The monoisotopic (exact) mass is 482 g/mol. The lowest BCUT2D eigenvalue weighted by Crippen LogP contribution is -2.24. The summed E-state index contributed by atoms with van der Waals surface area (Å²) in [4.78, 5) is 25.4. The third-order valence-corrected chi connectivity index (χ3v) is 7.05. The number of rotatable bonds is 6. The van der Waals surface area contributed by atoms with E-state index in [1.807, 2.05) is 6.07 Å². The van der Waals surface area contributed by atoms with Crippen molar-refractivity contribution < 1.29 is 17.9 Å². The molecule has 1 aromatic heterocycles. The van der Waals surface area contributed by atoms with Gasteiger partial charge in [-0.1, -0.05) is 29.8 Å². The number of pyridine rings is 1. The Bertz CT molecular complexity index is 1500. The molecule has 0 bridgehead atoms. The maximum Gasteiger partial charge on any atom is 0.244 e. The predicted octanol–water partition coefficient (Wildman–Crippen LogP) is 4.14. The molecule has 3 aromatic carbocycles. The Morgan fingerprint density at radius 2 is 1.73 bits per heavy atom. The molecule has 0 saturated carbocycles. The zero-order chi connectivity index (χ0) is 23.6. The van der Waals surface area contributed by atoms with Gasteiger partial charge in [-0.2, -0.15) is 0 Å². The van der Waals surface area contributed by atoms with Gasteiger partial charge in [0.2, 0.25) is 21.2 Å². The molecule has 4 aromatic rings. The van der Waals surface area contributed by atoms with Gasteiger partial charge in [-0.05, 0) is 54.6 Å². The number of carbonyl (C=O) groups is 1. The number of para-hydroxylation sites is 1. The molecule has 1 amide bonds. The molecule has 0 aliphatic rings. The molecule has 0 atom stereocenters. The SMILES string of the molecule is COc1ccc2c(c1)c(=O)c(S(=O)(=O)c1ccc(Cl)cc1)cn2CC(=O)Nc1ccccc1. The van der Waals surface area contributed by atoms with Crippen molar-refractivity contribution in [3.63, 3.8) is 0 Å². The topological polar surface area (TPSA) is 94.5 Å². The number of methoxy groups -OCH3 is 1. The van der Waals surface area contributed by atoms with Crippen molar-refractivity contribution in [2.75, 3.05) is 12.4 Å². The van der Waals surface area contributed by atoms with Crippen molar-refractivity contribution in [3.05, 3.63) is 94.2 Å². The number of sulfone groups is 1. The van der Waals surface area contributed by atoms with Crippen molar-refractivity contribution >= 4 is 43.9 Å². The second-order valence-corrected chi connectivity index (χ2v) is 9.56. The van der Waals surface area contributed by atoms with Crippen LogP contribution in [-0.2, 0) is 21.2 Å². The van der Waals surface area contributed by atoms with E-state index in [2.05, 4.69) is 5.32 Å². The van der Waals surface area contributed by atoms with Crippen molar-refractivity contribution in [2.24, 2.45) is 0 Å². The van der Waals surface area contributed by atoms with E-state index < -0.39 is 20.2 Å². The van der Waals surface area contributed by atoms with Gasteiger partial charge >= 0.3 is 0 Å². The summed E-state index contributed by atoms with van der Waals surface area (Å²) in [5.74, 6) is 0.0118. The average molecular weight is 483 g/mol. The predicted molar refractivity (Wildman–Crippen MR) is 127 cm³/mol. The summed E-state index contributed by atoms with van der Waals surface area (Å²) in [5.41, 5.74) is 0.321. The van der Waals surface area contributed by atoms with E-state index in [0.717, 1.165) is 0 Å². The number of nitrogens with zero attached hydrogens (tertiary/aromatic N) is 1. The zero-order valence-electron chi connectivity index (χ0n) is 17.5. The Balaban J connectivity index is 1.85. The van der Waals surface area contributed by atoms with Gasteiger partial charge in [-0.25, -0.2) is 8.42 Å². The van der Waals surface area contributed by atoms with Crippen molar-refractivity contribution in [2.45, 2.75) is 16.3 Å². The van der Waals surface area contributed by atoms with Gasteiger partial charge in [-0.15, -0.1) is 0 Å². The molecule has 0 fully saturated rings. The molecule has 0 radical (unpaired) electrons. The van der Waals surface area contributed by atoms with Gasteiger partial charge in [-0.3, -0.25) is 9.59 Å². The number of aromatic nitrogens is 1. The minimum atomic E-state index is -4.18. The van der Waals surface area contributed by atoms with Crippen LogP contribution in [0.5, 0.6) is 5.75 Å². The zero-order valence-corrected chi connectivity index (χ0v) is 19.1. The lowest BCUT2D eigenvalue weighted by atomic mass is 10.2. The van der Waals surface area contributed by atoms with Crippen LogP contribution in [0.25, 0.3) is 10.9 Å². The van der Waals surface area contributed by atoms with Crippen LogP contribution in [-0.4, -0.2) is 26.0 Å². The standard InChI is InChI=1S/C24H19ClN2O5S/c1-32-18-9-12-21-20(13-18)24(29)22(33(30,31)19-10-7-16(25)8-11-19)14-27(21)15-23(28)26-17-5-3-2-4-6-17/h2-14H,15H2,1H3,(H,26,28). The Labute approximate surface area is 195 Å². The first-order chi connectivity index (χ1) is 15.8. The quantitative estimate of drug-likeness (QED) is 0.446. The van der Waals surface area contributed by atoms with Crippen LogP contribution in [0.4, 0.5) is 5.69 Å². The summed E-state index contributed by atoms with van der Waals surface area (Å²) in [5, 5.41) is 3.25. The second kappa shape index (κ2) is 9.09. The van der Waals surface area contributed by atoms with Crippen LogP contribution in [0.1, 0.15) is 0 Å². The van der Waals surface area contributed by atoms with E-state index in [1.165, 1.54) is 48.2 Å².